The molecule has 1 unspecified atom stereocenters. The highest BCUT2D eigenvalue weighted by atomic mass is 35.5. The predicted octanol–water partition coefficient (Wildman–Crippen LogP) is 2.79. The Balaban J connectivity index is 0.00000261. The van der Waals surface area contributed by atoms with E-state index < -0.39 is 6.04 Å². The van der Waals surface area contributed by atoms with Crippen LogP contribution in [0.15, 0.2) is 36.5 Å². The summed E-state index contributed by atoms with van der Waals surface area (Å²) in [5, 5.41) is 7.71. The zero-order valence-electron chi connectivity index (χ0n) is 15.9. The number of rotatable bonds is 6. The van der Waals surface area contributed by atoms with Crippen molar-refractivity contribution in [3.63, 3.8) is 0 Å². The van der Waals surface area contributed by atoms with Crippen molar-refractivity contribution in [3.05, 3.63) is 47.8 Å². The number of nitrogens with two attached hydrogens (primary N) is 1. The minimum atomic E-state index is -0.481. The number of ether oxygens (including phenoxy) is 1. The Morgan fingerprint density at radius 2 is 1.96 bits per heavy atom. The first kappa shape index (κ1) is 21.4. The fraction of sp³-hybridized carbons (Fsp3) is 0.500. The number of halogens is 1. The van der Waals surface area contributed by atoms with Crippen LogP contribution in [0.3, 0.4) is 0 Å². The van der Waals surface area contributed by atoms with Gasteiger partial charge in [-0.15, -0.1) is 12.4 Å². The second-order valence-corrected chi connectivity index (χ2v) is 7.17. The van der Waals surface area contributed by atoms with Gasteiger partial charge in [-0.1, -0.05) is 32.0 Å². The van der Waals surface area contributed by atoms with Crippen molar-refractivity contribution in [1.82, 2.24) is 15.1 Å². The number of para-hydroxylation sites is 1. The summed E-state index contributed by atoms with van der Waals surface area (Å²) < 4.78 is 7.22. The number of hydrogen-bond donors (Lipinski definition) is 2. The molecule has 6 nitrogen and oxygen atoms in total. The SMILES string of the molecule is CC(C)c1nn(-c2ccccc2)cc1CNC(=O)C(N)C1CCOCC1.Cl. The first-order valence-electron chi connectivity index (χ1n) is 9.31. The number of nitrogens with one attached hydrogen (secondary N) is 1. The molecule has 1 aromatic heterocycles. The first-order chi connectivity index (χ1) is 12.6. The van der Waals surface area contributed by atoms with E-state index in [0.717, 1.165) is 29.8 Å². The summed E-state index contributed by atoms with van der Waals surface area (Å²) in [5.41, 5.74) is 9.19. The Morgan fingerprint density at radius 1 is 1.30 bits per heavy atom. The molecule has 148 valence electrons. The Hall–Kier alpha value is -1.89. The molecule has 1 aromatic carbocycles. The third-order valence-corrected chi connectivity index (χ3v) is 4.92. The fourth-order valence-corrected chi connectivity index (χ4v) is 3.35. The third kappa shape index (κ3) is 5.31. The molecule has 1 aliphatic rings. The molecule has 1 saturated heterocycles. The fourth-order valence-electron chi connectivity index (χ4n) is 3.35. The van der Waals surface area contributed by atoms with Crippen LogP contribution in [0.5, 0.6) is 0 Å². The van der Waals surface area contributed by atoms with Crippen LogP contribution in [0.25, 0.3) is 5.69 Å². The minimum Gasteiger partial charge on any atom is -0.381 e. The summed E-state index contributed by atoms with van der Waals surface area (Å²) >= 11 is 0. The van der Waals surface area contributed by atoms with Gasteiger partial charge in [0.25, 0.3) is 0 Å². The van der Waals surface area contributed by atoms with Gasteiger partial charge in [-0.3, -0.25) is 4.79 Å². The number of aromatic nitrogens is 2. The average Bonchev–Trinajstić information content (AvgIpc) is 3.11. The van der Waals surface area contributed by atoms with Crippen molar-refractivity contribution < 1.29 is 9.53 Å². The van der Waals surface area contributed by atoms with Crippen LogP contribution in [0.4, 0.5) is 0 Å². The van der Waals surface area contributed by atoms with Gasteiger partial charge in [-0.2, -0.15) is 5.10 Å². The molecule has 0 spiro atoms. The third-order valence-electron chi connectivity index (χ3n) is 4.92. The smallest absolute Gasteiger partial charge is 0.237 e. The van der Waals surface area contributed by atoms with E-state index >= 15 is 0 Å². The van der Waals surface area contributed by atoms with Crippen molar-refractivity contribution >= 4 is 18.3 Å². The van der Waals surface area contributed by atoms with Crippen molar-refractivity contribution in [3.8, 4) is 5.69 Å². The van der Waals surface area contributed by atoms with E-state index in [1.54, 1.807) is 0 Å². The lowest BCUT2D eigenvalue weighted by atomic mass is 9.92. The first-order valence-corrected chi connectivity index (χ1v) is 9.31. The van der Waals surface area contributed by atoms with E-state index in [-0.39, 0.29) is 30.2 Å². The highest BCUT2D eigenvalue weighted by Crippen LogP contribution is 2.21. The molecule has 1 amide bonds. The van der Waals surface area contributed by atoms with Gasteiger partial charge in [0.05, 0.1) is 17.4 Å². The van der Waals surface area contributed by atoms with Crippen molar-refractivity contribution in [1.29, 1.82) is 0 Å². The molecule has 2 aromatic rings. The average molecular weight is 393 g/mol. The monoisotopic (exact) mass is 392 g/mol. The molecule has 2 heterocycles. The molecule has 1 aliphatic heterocycles. The molecule has 0 bridgehead atoms. The molecule has 0 radical (unpaired) electrons. The second-order valence-electron chi connectivity index (χ2n) is 7.17. The van der Waals surface area contributed by atoms with Crippen molar-refractivity contribution in [2.24, 2.45) is 11.7 Å². The lowest BCUT2D eigenvalue weighted by molar-refractivity contribution is -0.124. The molecule has 7 heteroatoms. The van der Waals surface area contributed by atoms with Gasteiger partial charge in [0.2, 0.25) is 5.91 Å². The Labute approximate surface area is 166 Å². The van der Waals surface area contributed by atoms with Crippen LogP contribution < -0.4 is 11.1 Å². The Kier molecular flexibility index (Phi) is 7.83. The summed E-state index contributed by atoms with van der Waals surface area (Å²) in [6.07, 6.45) is 3.68. The standard InChI is InChI=1S/C20H28N4O2.ClH/c1-14(2)19-16(13-24(23-19)17-6-4-3-5-7-17)12-22-20(25)18(21)15-8-10-26-11-9-15;/h3-7,13-15,18H,8-12,21H2,1-2H3,(H,22,25);1H. The number of nitrogens with zero attached hydrogens (tertiary/aromatic N) is 2. The zero-order chi connectivity index (χ0) is 18.5. The lowest BCUT2D eigenvalue weighted by Crippen LogP contribution is -2.46. The highest BCUT2D eigenvalue weighted by molar-refractivity contribution is 5.85. The maximum absolute atomic E-state index is 12.5. The summed E-state index contributed by atoms with van der Waals surface area (Å²) in [6, 6.07) is 9.50. The second kappa shape index (κ2) is 9.88. The normalized spacial score (nSPS) is 16.0. The topological polar surface area (TPSA) is 82.2 Å². The molecule has 3 N–H and O–H groups in total. The van der Waals surface area contributed by atoms with Crippen LogP contribution in [0.2, 0.25) is 0 Å². The predicted molar refractivity (Wildman–Crippen MR) is 108 cm³/mol. The molecule has 3 rings (SSSR count). The van der Waals surface area contributed by atoms with Gasteiger partial charge in [0.15, 0.2) is 0 Å². The van der Waals surface area contributed by atoms with E-state index in [9.17, 15) is 4.79 Å². The van der Waals surface area contributed by atoms with Crippen LogP contribution in [-0.4, -0.2) is 34.9 Å². The van der Waals surface area contributed by atoms with Gasteiger partial charge in [0.1, 0.15) is 0 Å². The number of hydrogen-bond acceptors (Lipinski definition) is 4. The number of amides is 1. The van der Waals surface area contributed by atoms with Gasteiger partial charge in [0, 0.05) is 31.5 Å². The Morgan fingerprint density at radius 3 is 2.59 bits per heavy atom. The van der Waals surface area contributed by atoms with E-state index in [0.29, 0.717) is 19.8 Å². The zero-order valence-corrected chi connectivity index (χ0v) is 16.7. The number of carbonyl (C=O) groups is 1. The van der Waals surface area contributed by atoms with Crippen molar-refractivity contribution in [2.75, 3.05) is 13.2 Å². The summed E-state index contributed by atoms with van der Waals surface area (Å²) in [4.78, 5) is 12.5. The van der Waals surface area contributed by atoms with Crippen LogP contribution in [-0.2, 0) is 16.1 Å². The van der Waals surface area contributed by atoms with Gasteiger partial charge >= 0.3 is 0 Å². The summed E-state index contributed by atoms with van der Waals surface area (Å²) in [7, 11) is 0. The van der Waals surface area contributed by atoms with Crippen LogP contribution in [0.1, 0.15) is 43.9 Å². The van der Waals surface area contributed by atoms with E-state index in [1.165, 1.54) is 0 Å². The molecular weight excluding hydrogens is 364 g/mol. The van der Waals surface area contributed by atoms with Crippen LogP contribution >= 0.6 is 12.4 Å². The Bertz CT molecular complexity index is 727. The number of carbonyl (C=O) groups excluding carboxylic acids is 1. The molecule has 1 atom stereocenters. The summed E-state index contributed by atoms with van der Waals surface area (Å²) in [5.74, 6) is 0.371. The van der Waals surface area contributed by atoms with Gasteiger partial charge in [-0.25, -0.2) is 4.68 Å². The summed E-state index contributed by atoms with van der Waals surface area (Å²) in [6.45, 7) is 6.03. The van der Waals surface area contributed by atoms with E-state index in [4.69, 9.17) is 15.6 Å². The van der Waals surface area contributed by atoms with Gasteiger partial charge in [-0.05, 0) is 36.8 Å². The lowest BCUT2D eigenvalue weighted by Gasteiger charge is -2.26. The van der Waals surface area contributed by atoms with Gasteiger partial charge < -0.3 is 15.8 Å². The molecule has 0 aliphatic carbocycles. The molecule has 0 saturated carbocycles. The number of benzene rings is 1. The maximum Gasteiger partial charge on any atom is 0.237 e. The van der Waals surface area contributed by atoms with Crippen LogP contribution in [0, 0.1) is 5.92 Å². The largest absolute Gasteiger partial charge is 0.381 e. The highest BCUT2D eigenvalue weighted by Gasteiger charge is 2.26. The van der Waals surface area contributed by atoms with E-state index in [1.807, 2.05) is 41.2 Å². The molecule has 1 fully saturated rings. The molecular formula is C20H29ClN4O2. The quantitative estimate of drug-likeness (QED) is 0.791. The molecule has 27 heavy (non-hydrogen) atoms. The van der Waals surface area contributed by atoms with E-state index in [2.05, 4.69) is 19.2 Å². The van der Waals surface area contributed by atoms with Crippen molar-refractivity contribution in [2.45, 2.75) is 45.2 Å². The minimum absolute atomic E-state index is 0. The maximum atomic E-state index is 12.5.